The quantitative estimate of drug-likeness (QED) is 0.608. The predicted molar refractivity (Wildman–Crippen MR) is 73.1 cm³/mol. The number of hydrogen-bond acceptors (Lipinski definition) is 2. The third-order valence-corrected chi connectivity index (χ3v) is 4.93. The first kappa shape index (κ1) is 13.9. The number of carbonyl (C=O) groups is 1. The molecule has 2 fully saturated rings. The summed E-state index contributed by atoms with van der Waals surface area (Å²) in [5, 5.41) is 0. The van der Waals surface area contributed by atoms with E-state index in [0.717, 1.165) is 6.42 Å². The minimum Gasteiger partial charge on any atom is -0.462 e. The van der Waals surface area contributed by atoms with Crippen LogP contribution in [0.1, 0.15) is 60.8 Å². The fourth-order valence-corrected chi connectivity index (χ4v) is 4.30. The molecule has 1 heterocycles. The molecule has 2 nitrogen and oxygen atoms in total. The third-order valence-electron chi connectivity index (χ3n) is 4.93. The highest BCUT2D eigenvalue weighted by molar-refractivity contribution is 5.72. The maximum Gasteiger partial charge on any atom is 0.306 e. The number of carbonyl (C=O) groups excluding carboxylic acids is 1. The van der Waals surface area contributed by atoms with Crippen LogP contribution in [-0.4, -0.2) is 12.1 Å². The minimum atomic E-state index is 0.0220. The molecular formula is C16H28O2. The van der Waals surface area contributed by atoms with Crippen molar-refractivity contribution in [3.63, 3.8) is 0 Å². The van der Waals surface area contributed by atoms with E-state index in [1.54, 1.807) is 0 Å². The highest BCUT2D eigenvalue weighted by Crippen LogP contribution is 2.54. The van der Waals surface area contributed by atoms with Crippen LogP contribution in [0.15, 0.2) is 0 Å². The van der Waals surface area contributed by atoms with Crippen molar-refractivity contribution < 1.29 is 9.53 Å². The van der Waals surface area contributed by atoms with Crippen LogP contribution < -0.4 is 0 Å². The summed E-state index contributed by atoms with van der Waals surface area (Å²) in [4.78, 5) is 11.6. The summed E-state index contributed by atoms with van der Waals surface area (Å²) in [6, 6.07) is 0. The first-order valence-corrected chi connectivity index (χ1v) is 7.30. The summed E-state index contributed by atoms with van der Waals surface area (Å²) in [7, 11) is 0. The Morgan fingerprint density at radius 1 is 1.00 bits per heavy atom. The molecule has 0 radical (unpaired) electrons. The van der Waals surface area contributed by atoms with E-state index in [1.807, 2.05) is 0 Å². The van der Waals surface area contributed by atoms with Gasteiger partial charge in [0.1, 0.15) is 6.10 Å². The molecule has 1 aliphatic heterocycles. The molecule has 1 saturated carbocycles. The number of esters is 1. The standard InChI is InChI=1S/C16H28O2/c1-15(2,3)11-7-8-12-10(9-13(17)18-12)14(11)16(4,5)6/h10-12,14H,7-9H2,1-6H3. The molecular weight excluding hydrogens is 224 g/mol. The maximum atomic E-state index is 11.6. The maximum absolute atomic E-state index is 11.6. The van der Waals surface area contributed by atoms with Crippen molar-refractivity contribution in [2.75, 3.05) is 0 Å². The molecule has 0 N–H and O–H groups in total. The number of hydrogen-bond donors (Lipinski definition) is 0. The second-order valence-electron chi connectivity index (χ2n) is 8.34. The number of fused-ring (bicyclic) bond motifs is 1. The Hall–Kier alpha value is -0.530. The Kier molecular flexibility index (Phi) is 3.28. The summed E-state index contributed by atoms with van der Waals surface area (Å²) in [5.74, 6) is 1.74. The molecule has 0 bridgehead atoms. The lowest BCUT2D eigenvalue weighted by Gasteiger charge is -2.50. The van der Waals surface area contributed by atoms with Gasteiger partial charge in [-0.15, -0.1) is 0 Å². The van der Waals surface area contributed by atoms with Crippen molar-refractivity contribution in [1.29, 1.82) is 0 Å². The van der Waals surface area contributed by atoms with Gasteiger partial charge >= 0.3 is 5.97 Å². The van der Waals surface area contributed by atoms with Gasteiger partial charge in [-0.1, -0.05) is 41.5 Å². The van der Waals surface area contributed by atoms with Crippen LogP contribution in [-0.2, 0) is 9.53 Å². The van der Waals surface area contributed by atoms with Gasteiger partial charge in [0.05, 0.1) is 6.42 Å². The lowest BCUT2D eigenvalue weighted by atomic mass is 9.54. The monoisotopic (exact) mass is 252 g/mol. The zero-order valence-corrected chi connectivity index (χ0v) is 12.7. The average Bonchev–Trinajstić information content (AvgIpc) is 2.52. The van der Waals surface area contributed by atoms with Crippen molar-refractivity contribution in [1.82, 2.24) is 0 Å². The Morgan fingerprint density at radius 3 is 2.11 bits per heavy atom. The molecule has 2 rings (SSSR count). The van der Waals surface area contributed by atoms with Gasteiger partial charge in [0.15, 0.2) is 0 Å². The van der Waals surface area contributed by atoms with Crippen molar-refractivity contribution in [2.24, 2.45) is 28.6 Å². The molecule has 104 valence electrons. The van der Waals surface area contributed by atoms with Crippen LogP contribution in [0.4, 0.5) is 0 Å². The Labute approximate surface area is 111 Å². The molecule has 0 aromatic heterocycles. The van der Waals surface area contributed by atoms with Crippen LogP contribution in [0, 0.1) is 28.6 Å². The summed E-state index contributed by atoms with van der Waals surface area (Å²) in [6.07, 6.45) is 3.09. The van der Waals surface area contributed by atoms with Gasteiger partial charge in [0, 0.05) is 5.92 Å². The second-order valence-corrected chi connectivity index (χ2v) is 8.34. The lowest BCUT2D eigenvalue weighted by Crippen LogP contribution is -2.46. The van der Waals surface area contributed by atoms with Crippen LogP contribution in [0.25, 0.3) is 0 Å². The molecule has 4 atom stereocenters. The van der Waals surface area contributed by atoms with E-state index >= 15 is 0 Å². The molecule has 0 aromatic carbocycles. The van der Waals surface area contributed by atoms with E-state index in [2.05, 4.69) is 41.5 Å². The zero-order chi connectivity index (χ0) is 13.7. The van der Waals surface area contributed by atoms with Crippen molar-refractivity contribution in [3.05, 3.63) is 0 Å². The zero-order valence-electron chi connectivity index (χ0n) is 12.7. The van der Waals surface area contributed by atoms with Gasteiger partial charge in [-0.25, -0.2) is 0 Å². The Bertz CT molecular complexity index is 332. The minimum absolute atomic E-state index is 0.0220. The first-order chi connectivity index (χ1) is 8.10. The summed E-state index contributed by atoms with van der Waals surface area (Å²) in [6.45, 7) is 14.0. The van der Waals surface area contributed by atoms with Gasteiger partial charge in [0.2, 0.25) is 0 Å². The van der Waals surface area contributed by atoms with Crippen molar-refractivity contribution in [2.45, 2.75) is 66.9 Å². The highest BCUT2D eigenvalue weighted by Gasteiger charge is 2.52. The molecule has 0 aromatic rings. The second kappa shape index (κ2) is 4.25. The number of ether oxygens (including phenoxy) is 1. The molecule has 0 amide bonds. The van der Waals surface area contributed by atoms with E-state index in [4.69, 9.17) is 4.74 Å². The SMILES string of the molecule is CC(C)(C)C1CCC2OC(=O)CC2C1C(C)(C)C. The molecule has 1 aliphatic carbocycles. The topological polar surface area (TPSA) is 26.3 Å². The van der Waals surface area contributed by atoms with E-state index in [9.17, 15) is 4.79 Å². The number of rotatable bonds is 0. The smallest absolute Gasteiger partial charge is 0.306 e. The first-order valence-electron chi connectivity index (χ1n) is 7.30. The fourth-order valence-electron chi connectivity index (χ4n) is 4.30. The van der Waals surface area contributed by atoms with E-state index in [-0.39, 0.29) is 17.5 Å². The van der Waals surface area contributed by atoms with Gasteiger partial charge in [-0.05, 0) is 35.5 Å². The van der Waals surface area contributed by atoms with Crippen LogP contribution in [0.5, 0.6) is 0 Å². The van der Waals surface area contributed by atoms with Gasteiger partial charge in [-0.3, -0.25) is 4.79 Å². The van der Waals surface area contributed by atoms with Crippen LogP contribution in [0.3, 0.4) is 0 Å². The molecule has 1 saturated heterocycles. The predicted octanol–water partition coefficient (Wildman–Crippen LogP) is 4.04. The van der Waals surface area contributed by atoms with Crippen LogP contribution in [0.2, 0.25) is 0 Å². The van der Waals surface area contributed by atoms with E-state index < -0.39 is 0 Å². The average molecular weight is 252 g/mol. The van der Waals surface area contributed by atoms with E-state index in [0.29, 0.717) is 29.6 Å². The normalized spacial score (nSPS) is 37.3. The van der Waals surface area contributed by atoms with Crippen molar-refractivity contribution in [3.8, 4) is 0 Å². The fraction of sp³-hybridized carbons (Fsp3) is 0.938. The molecule has 4 unspecified atom stereocenters. The van der Waals surface area contributed by atoms with Crippen molar-refractivity contribution >= 4 is 5.97 Å². The van der Waals surface area contributed by atoms with Gasteiger partial charge < -0.3 is 4.74 Å². The highest BCUT2D eigenvalue weighted by atomic mass is 16.5. The Balaban J connectivity index is 2.32. The van der Waals surface area contributed by atoms with Gasteiger partial charge in [-0.2, -0.15) is 0 Å². The summed E-state index contributed by atoms with van der Waals surface area (Å²) >= 11 is 0. The summed E-state index contributed by atoms with van der Waals surface area (Å²) < 4.78 is 5.51. The molecule has 2 heteroatoms. The molecule has 2 aliphatic rings. The molecule has 18 heavy (non-hydrogen) atoms. The third kappa shape index (κ3) is 2.44. The lowest BCUT2D eigenvalue weighted by molar-refractivity contribution is -0.143. The summed E-state index contributed by atoms with van der Waals surface area (Å²) in [5.41, 5.74) is 0.559. The largest absolute Gasteiger partial charge is 0.462 e. The van der Waals surface area contributed by atoms with E-state index in [1.165, 1.54) is 6.42 Å². The van der Waals surface area contributed by atoms with Gasteiger partial charge in [0.25, 0.3) is 0 Å². The molecule has 0 spiro atoms. The van der Waals surface area contributed by atoms with Crippen LogP contribution >= 0.6 is 0 Å². The Morgan fingerprint density at radius 2 is 1.61 bits per heavy atom.